The van der Waals surface area contributed by atoms with Crippen LogP contribution < -0.4 is 15.8 Å². The number of nitrogens with zero attached hydrogens (tertiary/aromatic N) is 1. The van der Waals surface area contributed by atoms with Crippen molar-refractivity contribution in [1.29, 1.82) is 0 Å². The Morgan fingerprint density at radius 2 is 1.84 bits per heavy atom. The van der Waals surface area contributed by atoms with E-state index in [0.717, 1.165) is 5.56 Å². The Morgan fingerprint density at radius 1 is 1.16 bits per heavy atom. The highest BCUT2D eigenvalue weighted by Gasteiger charge is 2.03. The molecular formula is C14H15N3O2. The molecule has 19 heavy (non-hydrogen) atoms. The van der Waals surface area contributed by atoms with Crippen LogP contribution in [0, 0.1) is 0 Å². The second kappa shape index (κ2) is 6.51. The van der Waals surface area contributed by atoms with Gasteiger partial charge < -0.3 is 15.8 Å². The van der Waals surface area contributed by atoms with E-state index in [1.165, 1.54) is 0 Å². The minimum absolute atomic E-state index is 0.0374. The minimum atomic E-state index is -0.214. The number of nitrogens with one attached hydrogen (secondary N) is 1. The lowest BCUT2D eigenvalue weighted by Crippen LogP contribution is -2.20. The van der Waals surface area contributed by atoms with Gasteiger partial charge >= 0.3 is 0 Å². The van der Waals surface area contributed by atoms with E-state index in [1.54, 1.807) is 36.7 Å². The van der Waals surface area contributed by atoms with Gasteiger partial charge in [-0.05, 0) is 29.8 Å². The third kappa shape index (κ3) is 4.08. The number of hydrogen-bond donors (Lipinski definition) is 2. The number of carbonyl (C=O) groups excluding carboxylic acids is 1. The molecule has 2 rings (SSSR count). The smallest absolute Gasteiger partial charge is 0.262 e. The topological polar surface area (TPSA) is 77.2 Å². The Hall–Kier alpha value is -2.40. The Kier molecular flexibility index (Phi) is 4.47. The van der Waals surface area contributed by atoms with Crippen LogP contribution in [0.4, 0.5) is 5.69 Å². The molecule has 3 N–H and O–H groups in total. The first-order chi connectivity index (χ1) is 9.28. The van der Waals surface area contributed by atoms with Gasteiger partial charge in [0.05, 0.1) is 0 Å². The van der Waals surface area contributed by atoms with Crippen LogP contribution >= 0.6 is 0 Å². The number of benzene rings is 1. The Balaban J connectivity index is 1.83. The van der Waals surface area contributed by atoms with Gasteiger partial charge in [0.2, 0.25) is 0 Å². The maximum absolute atomic E-state index is 11.6. The molecule has 2 aromatic rings. The number of rotatable bonds is 5. The zero-order chi connectivity index (χ0) is 13.5. The van der Waals surface area contributed by atoms with Crippen LogP contribution in [0.15, 0.2) is 48.8 Å². The number of anilines is 1. The molecule has 0 unspecified atom stereocenters. The van der Waals surface area contributed by atoms with Gasteiger partial charge in [0, 0.05) is 24.6 Å². The molecule has 0 saturated carbocycles. The normalized spacial score (nSPS) is 9.95. The summed E-state index contributed by atoms with van der Waals surface area (Å²) in [6.07, 6.45) is 3.23. The number of aromatic nitrogens is 1. The third-order valence-electron chi connectivity index (χ3n) is 2.49. The number of nitrogens with two attached hydrogens (primary N) is 1. The highest BCUT2D eigenvalue weighted by atomic mass is 16.5. The van der Waals surface area contributed by atoms with Crippen LogP contribution in [0.3, 0.4) is 0 Å². The lowest BCUT2D eigenvalue weighted by atomic mass is 10.2. The van der Waals surface area contributed by atoms with Gasteiger partial charge in [-0.25, -0.2) is 0 Å². The second-order valence-electron chi connectivity index (χ2n) is 3.92. The SMILES string of the molecule is NCc1ccc(OCC(=O)Nc2ccncc2)cc1. The molecule has 0 aliphatic rings. The average molecular weight is 257 g/mol. The van der Waals surface area contributed by atoms with Crippen molar-refractivity contribution < 1.29 is 9.53 Å². The Morgan fingerprint density at radius 3 is 2.47 bits per heavy atom. The fourth-order valence-electron chi connectivity index (χ4n) is 1.50. The van der Waals surface area contributed by atoms with Crippen molar-refractivity contribution >= 4 is 11.6 Å². The van der Waals surface area contributed by atoms with E-state index < -0.39 is 0 Å². The monoisotopic (exact) mass is 257 g/mol. The lowest BCUT2D eigenvalue weighted by Gasteiger charge is -2.07. The van der Waals surface area contributed by atoms with Gasteiger partial charge in [0.15, 0.2) is 6.61 Å². The van der Waals surface area contributed by atoms with E-state index in [0.29, 0.717) is 18.0 Å². The summed E-state index contributed by atoms with van der Waals surface area (Å²) in [6, 6.07) is 10.8. The molecule has 0 bridgehead atoms. The highest BCUT2D eigenvalue weighted by molar-refractivity contribution is 5.91. The molecule has 0 saturated heterocycles. The molecule has 1 amide bonds. The molecule has 0 spiro atoms. The van der Waals surface area contributed by atoms with Gasteiger partial charge in [-0.2, -0.15) is 0 Å². The summed E-state index contributed by atoms with van der Waals surface area (Å²) >= 11 is 0. The van der Waals surface area contributed by atoms with Crippen molar-refractivity contribution in [2.45, 2.75) is 6.54 Å². The van der Waals surface area contributed by atoms with Crippen LogP contribution in [0.1, 0.15) is 5.56 Å². The zero-order valence-corrected chi connectivity index (χ0v) is 10.4. The number of carbonyl (C=O) groups is 1. The molecular weight excluding hydrogens is 242 g/mol. The van der Waals surface area contributed by atoms with Crippen LogP contribution in [-0.2, 0) is 11.3 Å². The maximum Gasteiger partial charge on any atom is 0.262 e. The minimum Gasteiger partial charge on any atom is -0.484 e. The van der Waals surface area contributed by atoms with Crippen molar-refractivity contribution in [3.05, 3.63) is 54.4 Å². The van der Waals surface area contributed by atoms with E-state index in [4.69, 9.17) is 10.5 Å². The van der Waals surface area contributed by atoms with E-state index in [-0.39, 0.29) is 12.5 Å². The summed E-state index contributed by atoms with van der Waals surface area (Å²) in [5.74, 6) is 0.427. The molecule has 1 heterocycles. The van der Waals surface area contributed by atoms with Gasteiger partial charge in [-0.15, -0.1) is 0 Å². The molecule has 0 atom stereocenters. The van der Waals surface area contributed by atoms with E-state index in [2.05, 4.69) is 10.3 Å². The fraction of sp³-hybridized carbons (Fsp3) is 0.143. The van der Waals surface area contributed by atoms with Crippen LogP contribution in [0.25, 0.3) is 0 Å². The van der Waals surface area contributed by atoms with E-state index in [1.807, 2.05) is 12.1 Å². The van der Waals surface area contributed by atoms with Crippen molar-refractivity contribution in [3.63, 3.8) is 0 Å². The van der Waals surface area contributed by atoms with Crippen LogP contribution in [0.5, 0.6) is 5.75 Å². The fourth-order valence-corrected chi connectivity index (χ4v) is 1.50. The Bertz CT molecular complexity index is 526. The summed E-state index contributed by atoms with van der Waals surface area (Å²) in [7, 11) is 0. The first kappa shape index (κ1) is 13.0. The van der Waals surface area contributed by atoms with E-state index >= 15 is 0 Å². The maximum atomic E-state index is 11.6. The molecule has 1 aromatic carbocycles. The summed E-state index contributed by atoms with van der Waals surface area (Å²) in [6.45, 7) is 0.451. The average Bonchev–Trinajstić information content (AvgIpc) is 2.47. The van der Waals surface area contributed by atoms with Gasteiger partial charge in [-0.1, -0.05) is 12.1 Å². The molecule has 0 radical (unpaired) electrons. The summed E-state index contributed by atoms with van der Waals surface area (Å²) < 4.78 is 5.37. The first-order valence-corrected chi connectivity index (χ1v) is 5.89. The van der Waals surface area contributed by atoms with Crippen molar-refractivity contribution in [2.24, 2.45) is 5.73 Å². The van der Waals surface area contributed by atoms with Crippen LogP contribution in [-0.4, -0.2) is 17.5 Å². The molecule has 0 aliphatic carbocycles. The molecule has 98 valence electrons. The van der Waals surface area contributed by atoms with E-state index in [9.17, 15) is 4.79 Å². The molecule has 5 nitrogen and oxygen atoms in total. The molecule has 5 heteroatoms. The summed E-state index contributed by atoms with van der Waals surface area (Å²) in [5.41, 5.74) is 7.22. The van der Waals surface area contributed by atoms with Crippen molar-refractivity contribution in [3.8, 4) is 5.75 Å². The standard InChI is InChI=1S/C14H15N3O2/c15-9-11-1-3-13(4-2-11)19-10-14(18)17-12-5-7-16-8-6-12/h1-8H,9-10,15H2,(H,16,17,18). The van der Waals surface area contributed by atoms with Gasteiger partial charge in [0.1, 0.15) is 5.75 Å². The largest absolute Gasteiger partial charge is 0.484 e. The summed E-state index contributed by atoms with van der Waals surface area (Å²) in [4.78, 5) is 15.5. The molecule has 0 aliphatic heterocycles. The van der Waals surface area contributed by atoms with Crippen molar-refractivity contribution in [1.82, 2.24) is 4.98 Å². The van der Waals surface area contributed by atoms with Gasteiger partial charge in [0.25, 0.3) is 5.91 Å². The quantitative estimate of drug-likeness (QED) is 0.852. The summed E-state index contributed by atoms with van der Waals surface area (Å²) in [5, 5.41) is 2.71. The number of pyridine rings is 1. The first-order valence-electron chi connectivity index (χ1n) is 5.89. The Labute approximate surface area is 111 Å². The zero-order valence-electron chi connectivity index (χ0n) is 10.4. The second-order valence-corrected chi connectivity index (χ2v) is 3.92. The third-order valence-corrected chi connectivity index (χ3v) is 2.49. The number of hydrogen-bond acceptors (Lipinski definition) is 4. The van der Waals surface area contributed by atoms with Crippen molar-refractivity contribution in [2.75, 3.05) is 11.9 Å². The lowest BCUT2D eigenvalue weighted by molar-refractivity contribution is -0.118. The van der Waals surface area contributed by atoms with Crippen LogP contribution in [0.2, 0.25) is 0 Å². The molecule has 1 aromatic heterocycles. The highest BCUT2D eigenvalue weighted by Crippen LogP contribution is 2.12. The molecule has 0 fully saturated rings. The predicted molar refractivity (Wildman–Crippen MR) is 72.7 cm³/mol. The number of ether oxygens (including phenoxy) is 1. The number of amides is 1. The van der Waals surface area contributed by atoms with Gasteiger partial charge in [-0.3, -0.25) is 9.78 Å². The predicted octanol–water partition coefficient (Wildman–Crippen LogP) is 1.56.